The molecule has 116 valence electrons. The Morgan fingerprint density at radius 2 is 1.81 bits per heavy atom. The molecule has 21 heavy (non-hydrogen) atoms. The van der Waals surface area contributed by atoms with E-state index in [1.54, 1.807) is 33.0 Å². The minimum Gasteiger partial charge on any atom is -0.508 e. The second kappa shape index (κ2) is 7.19. The molecule has 0 aliphatic carbocycles. The first-order valence-corrected chi connectivity index (χ1v) is 6.72. The summed E-state index contributed by atoms with van der Waals surface area (Å²) in [5, 5.41) is 24.1. The first-order chi connectivity index (χ1) is 9.76. The molecule has 6 heteroatoms. The van der Waals surface area contributed by atoms with Gasteiger partial charge >= 0.3 is 5.97 Å². The lowest BCUT2D eigenvalue weighted by molar-refractivity contribution is -0.139. The summed E-state index contributed by atoms with van der Waals surface area (Å²) in [6.07, 6.45) is 0.239. The number of Topliss-reactive ketones (excluding diaryl/α,β-unsaturated/α-hetero) is 1. The Morgan fingerprint density at radius 3 is 2.29 bits per heavy atom. The van der Waals surface area contributed by atoms with Gasteiger partial charge in [0.05, 0.1) is 12.1 Å². The Morgan fingerprint density at radius 1 is 1.24 bits per heavy atom. The number of carbonyl (C=O) groups excluding carboxylic acids is 1. The number of carboxylic acid groups (broad SMARTS) is 1. The van der Waals surface area contributed by atoms with Gasteiger partial charge in [-0.15, -0.1) is 0 Å². The summed E-state index contributed by atoms with van der Waals surface area (Å²) in [6.45, 7) is 3.46. The quantitative estimate of drug-likeness (QED) is 0.559. The number of aliphatic carboxylic acids is 1. The number of aromatic hydroxyl groups is 1. The zero-order valence-electron chi connectivity index (χ0n) is 12.5. The fourth-order valence-corrected chi connectivity index (χ4v) is 1.69. The molecule has 1 rings (SSSR count). The largest absolute Gasteiger partial charge is 0.508 e. The van der Waals surface area contributed by atoms with Crippen LogP contribution in [0.15, 0.2) is 24.3 Å². The topological polar surface area (TPSA) is 98.7 Å². The van der Waals surface area contributed by atoms with E-state index in [1.165, 1.54) is 12.1 Å². The van der Waals surface area contributed by atoms with Crippen molar-refractivity contribution in [1.82, 2.24) is 10.6 Å². The van der Waals surface area contributed by atoms with Gasteiger partial charge in [-0.05, 0) is 45.0 Å². The van der Waals surface area contributed by atoms with Crippen LogP contribution in [-0.4, -0.2) is 47.1 Å². The maximum Gasteiger partial charge on any atom is 0.321 e. The van der Waals surface area contributed by atoms with Crippen LogP contribution in [0, 0.1) is 0 Å². The lowest BCUT2D eigenvalue weighted by atomic mass is 9.99. The summed E-state index contributed by atoms with van der Waals surface area (Å²) < 4.78 is 0. The summed E-state index contributed by atoms with van der Waals surface area (Å²) >= 11 is 0. The zero-order chi connectivity index (χ0) is 16.0. The molecule has 0 bridgehead atoms. The van der Waals surface area contributed by atoms with Crippen molar-refractivity contribution < 1.29 is 19.8 Å². The van der Waals surface area contributed by atoms with Crippen LogP contribution in [0.2, 0.25) is 0 Å². The number of nitrogens with one attached hydrogen (secondary N) is 2. The minimum absolute atomic E-state index is 0.0249. The highest BCUT2D eigenvalue weighted by Gasteiger charge is 2.26. The van der Waals surface area contributed by atoms with Crippen LogP contribution in [-0.2, 0) is 16.0 Å². The number of carbonyl (C=O) groups is 2. The third-order valence-electron chi connectivity index (χ3n) is 3.51. The SMILES string of the molecule is CNC(C)(C)C(=O)CNC(Cc1ccc(O)cc1)C(=O)O. The molecule has 0 heterocycles. The molecule has 4 N–H and O–H groups in total. The Hall–Kier alpha value is -1.92. The van der Waals surface area contributed by atoms with E-state index >= 15 is 0 Å². The number of phenols is 1. The van der Waals surface area contributed by atoms with E-state index in [0.29, 0.717) is 0 Å². The number of carboxylic acids is 1. The average molecular weight is 294 g/mol. The molecule has 0 aliphatic heterocycles. The van der Waals surface area contributed by atoms with Crippen molar-refractivity contribution in [3.8, 4) is 5.75 Å². The molecule has 1 aromatic rings. The number of rotatable bonds is 8. The number of phenolic OH excluding ortho intramolecular Hbond substituents is 1. The van der Waals surface area contributed by atoms with Crippen LogP contribution >= 0.6 is 0 Å². The van der Waals surface area contributed by atoms with Crippen molar-refractivity contribution in [2.24, 2.45) is 0 Å². The standard InChI is InChI=1S/C15H22N2O4/c1-15(2,16-3)13(19)9-17-12(14(20)21)8-10-4-6-11(18)7-5-10/h4-7,12,16-18H,8-9H2,1-3H3,(H,20,21). The van der Waals surface area contributed by atoms with Gasteiger partial charge in [-0.1, -0.05) is 12.1 Å². The molecule has 0 fully saturated rings. The van der Waals surface area contributed by atoms with Crippen molar-refractivity contribution in [3.63, 3.8) is 0 Å². The smallest absolute Gasteiger partial charge is 0.321 e. The maximum absolute atomic E-state index is 12.0. The molecule has 1 aromatic carbocycles. The van der Waals surface area contributed by atoms with Crippen LogP contribution in [0.5, 0.6) is 5.75 Å². The van der Waals surface area contributed by atoms with Crippen LogP contribution in [0.25, 0.3) is 0 Å². The van der Waals surface area contributed by atoms with E-state index in [2.05, 4.69) is 10.6 Å². The van der Waals surface area contributed by atoms with Crippen LogP contribution in [0.3, 0.4) is 0 Å². The van der Waals surface area contributed by atoms with Crippen LogP contribution in [0.1, 0.15) is 19.4 Å². The van der Waals surface area contributed by atoms with E-state index < -0.39 is 17.6 Å². The van der Waals surface area contributed by atoms with Gasteiger partial charge in [0.15, 0.2) is 5.78 Å². The van der Waals surface area contributed by atoms with E-state index in [0.717, 1.165) is 5.56 Å². The highest BCUT2D eigenvalue weighted by Crippen LogP contribution is 2.11. The number of benzene rings is 1. The summed E-state index contributed by atoms with van der Waals surface area (Å²) in [7, 11) is 1.68. The summed E-state index contributed by atoms with van der Waals surface area (Å²) in [5.41, 5.74) is 0.0715. The molecule has 0 aromatic heterocycles. The van der Waals surface area contributed by atoms with Gasteiger partial charge in [0, 0.05) is 0 Å². The number of hydrogen-bond acceptors (Lipinski definition) is 5. The van der Waals surface area contributed by atoms with Crippen molar-refractivity contribution in [1.29, 1.82) is 0 Å². The Kier molecular flexibility index (Phi) is 5.87. The Bertz CT molecular complexity index is 497. The fraction of sp³-hybridized carbons (Fsp3) is 0.467. The fourth-order valence-electron chi connectivity index (χ4n) is 1.69. The molecule has 1 atom stereocenters. The predicted molar refractivity (Wildman–Crippen MR) is 79.4 cm³/mol. The van der Waals surface area contributed by atoms with Gasteiger partial charge in [-0.2, -0.15) is 0 Å². The highest BCUT2D eigenvalue weighted by molar-refractivity contribution is 5.89. The molecular weight excluding hydrogens is 272 g/mol. The normalized spacial score (nSPS) is 12.9. The highest BCUT2D eigenvalue weighted by atomic mass is 16.4. The van der Waals surface area contributed by atoms with Crippen LogP contribution in [0.4, 0.5) is 0 Å². The molecular formula is C15H22N2O4. The summed E-state index contributed by atoms with van der Waals surface area (Å²) in [4.78, 5) is 23.2. The van der Waals surface area contributed by atoms with Crippen molar-refractivity contribution in [2.75, 3.05) is 13.6 Å². The van der Waals surface area contributed by atoms with Crippen LogP contribution < -0.4 is 10.6 Å². The van der Waals surface area contributed by atoms with E-state index in [1.807, 2.05) is 0 Å². The molecule has 0 aliphatic rings. The summed E-state index contributed by atoms with van der Waals surface area (Å²) in [6, 6.07) is 5.47. The first-order valence-electron chi connectivity index (χ1n) is 6.72. The van der Waals surface area contributed by atoms with E-state index in [9.17, 15) is 19.8 Å². The Labute approximate surface area is 124 Å². The predicted octanol–water partition coefficient (Wildman–Crippen LogP) is 0.545. The minimum atomic E-state index is -1.02. The second-order valence-corrected chi connectivity index (χ2v) is 5.44. The van der Waals surface area contributed by atoms with Gasteiger partial charge < -0.3 is 15.5 Å². The number of hydrogen-bond donors (Lipinski definition) is 4. The maximum atomic E-state index is 12.0. The first kappa shape index (κ1) is 17.1. The molecule has 0 saturated carbocycles. The lowest BCUT2D eigenvalue weighted by Crippen LogP contribution is -2.51. The second-order valence-electron chi connectivity index (χ2n) is 5.44. The van der Waals surface area contributed by atoms with Crippen molar-refractivity contribution in [2.45, 2.75) is 31.8 Å². The number of likely N-dealkylation sites (N-methyl/N-ethyl adjacent to an activating group) is 1. The van der Waals surface area contributed by atoms with Crippen molar-refractivity contribution in [3.05, 3.63) is 29.8 Å². The van der Waals surface area contributed by atoms with Gasteiger partial charge in [0.1, 0.15) is 11.8 Å². The average Bonchev–Trinajstić information content (AvgIpc) is 2.44. The van der Waals surface area contributed by atoms with Gasteiger partial charge in [-0.3, -0.25) is 14.9 Å². The third kappa shape index (κ3) is 5.17. The number of ketones is 1. The van der Waals surface area contributed by atoms with E-state index in [4.69, 9.17) is 0 Å². The molecule has 6 nitrogen and oxygen atoms in total. The molecule has 1 unspecified atom stereocenters. The summed E-state index contributed by atoms with van der Waals surface area (Å²) in [5.74, 6) is -0.996. The lowest BCUT2D eigenvalue weighted by Gasteiger charge is -2.23. The van der Waals surface area contributed by atoms with Gasteiger partial charge in [0.25, 0.3) is 0 Å². The Balaban J connectivity index is 2.65. The third-order valence-corrected chi connectivity index (χ3v) is 3.51. The van der Waals surface area contributed by atoms with E-state index in [-0.39, 0.29) is 24.5 Å². The molecule has 0 spiro atoms. The zero-order valence-corrected chi connectivity index (χ0v) is 12.5. The monoisotopic (exact) mass is 294 g/mol. The van der Waals surface area contributed by atoms with Crippen molar-refractivity contribution >= 4 is 11.8 Å². The molecule has 0 radical (unpaired) electrons. The van der Waals surface area contributed by atoms with Gasteiger partial charge in [0.2, 0.25) is 0 Å². The molecule has 0 amide bonds. The van der Waals surface area contributed by atoms with Gasteiger partial charge in [-0.25, -0.2) is 0 Å². The molecule has 0 saturated heterocycles.